The highest BCUT2D eigenvalue weighted by molar-refractivity contribution is 5.92. The molecule has 0 aromatic carbocycles. The van der Waals surface area contributed by atoms with Gasteiger partial charge in [-0.25, -0.2) is 9.59 Å². The number of hydrogen-bond acceptors (Lipinski definition) is 4. The van der Waals surface area contributed by atoms with Gasteiger partial charge in [0.15, 0.2) is 0 Å². The van der Waals surface area contributed by atoms with Gasteiger partial charge in [-0.15, -0.1) is 0 Å². The number of urea groups is 1. The quantitative estimate of drug-likeness (QED) is 0.729. The molecule has 0 bridgehead atoms. The Labute approximate surface area is 110 Å². The highest BCUT2D eigenvalue weighted by atomic mass is 16.4. The lowest BCUT2D eigenvalue weighted by Gasteiger charge is -2.30. The van der Waals surface area contributed by atoms with Gasteiger partial charge in [0.1, 0.15) is 0 Å². The summed E-state index contributed by atoms with van der Waals surface area (Å²) in [6.45, 7) is 1.22. The van der Waals surface area contributed by atoms with Gasteiger partial charge in [0.05, 0.1) is 17.4 Å². The minimum Gasteiger partial charge on any atom is -0.478 e. The molecule has 1 aromatic rings. The van der Waals surface area contributed by atoms with E-state index in [2.05, 4.69) is 10.3 Å². The number of carbonyl (C=O) groups is 2. The maximum absolute atomic E-state index is 12.0. The van der Waals surface area contributed by atoms with Gasteiger partial charge in [-0.05, 0) is 18.9 Å². The van der Waals surface area contributed by atoms with Crippen molar-refractivity contribution in [1.82, 2.24) is 9.88 Å². The maximum atomic E-state index is 12.0. The van der Waals surface area contributed by atoms with Gasteiger partial charge in [-0.2, -0.15) is 0 Å². The molecule has 1 fully saturated rings. The molecule has 2 rings (SSSR count). The van der Waals surface area contributed by atoms with E-state index >= 15 is 0 Å². The van der Waals surface area contributed by atoms with Gasteiger partial charge in [0.2, 0.25) is 0 Å². The summed E-state index contributed by atoms with van der Waals surface area (Å²) in [6, 6.07) is 1.28. The predicted molar refractivity (Wildman–Crippen MR) is 69.0 cm³/mol. The Morgan fingerprint density at radius 3 is 2.68 bits per heavy atom. The van der Waals surface area contributed by atoms with Crippen LogP contribution in [0.4, 0.5) is 10.5 Å². The Morgan fingerprint density at radius 2 is 2.05 bits per heavy atom. The third-order valence-corrected chi connectivity index (χ3v) is 3.06. The molecule has 1 aromatic heterocycles. The normalized spacial score (nSPS) is 16.2. The van der Waals surface area contributed by atoms with Crippen molar-refractivity contribution in [2.75, 3.05) is 18.4 Å². The van der Waals surface area contributed by atoms with Crippen LogP contribution in [-0.2, 0) is 0 Å². The molecule has 2 heterocycles. The second-order valence-electron chi connectivity index (χ2n) is 4.52. The number of carboxylic acids is 1. The summed E-state index contributed by atoms with van der Waals surface area (Å²) in [5.41, 5.74) is 6.18. The molecule has 0 unspecified atom stereocenters. The Balaban J connectivity index is 1.98. The summed E-state index contributed by atoms with van der Waals surface area (Å²) < 4.78 is 0. The molecule has 1 aliphatic rings. The van der Waals surface area contributed by atoms with Gasteiger partial charge in [0, 0.05) is 25.3 Å². The van der Waals surface area contributed by atoms with E-state index in [0.29, 0.717) is 18.8 Å². The zero-order valence-corrected chi connectivity index (χ0v) is 10.4. The van der Waals surface area contributed by atoms with E-state index in [4.69, 9.17) is 10.8 Å². The number of anilines is 1. The van der Waals surface area contributed by atoms with Crippen LogP contribution in [0.3, 0.4) is 0 Å². The van der Waals surface area contributed by atoms with Gasteiger partial charge in [0.25, 0.3) is 0 Å². The SMILES string of the molecule is NC1CCN(C(=O)Nc2cncc(C(=O)O)c2)CC1. The lowest BCUT2D eigenvalue weighted by molar-refractivity contribution is 0.0696. The van der Waals surface area contributed by atoms with Gasteiger partial charge in [-0.1, -0.05) is 0 Å². The summed E-state index contributed by atoms with van der Waals surface area (Å²) >= 11 is 0. The van der Waals surface area contributed by atoms with Gasteiger partial charge in [-0.3, -0.25) is 4.98 Å². The van der Waals surface area contributed by atoms with Crippen molar-refractivity contribution in [2.24, 2.45) is 5.73 Å². The molecule has 19 heavy (non-hydrogen) atoms. The zero-order chi connectivity index (χ0) is 13.8. The number of nitrogens with one attached hydrogen (secondary N) is 1. The topological polar surface area (TPSA) is 109 Å². The van der Waals surface area contributed by atoms with E-state index in [0.717, 1.165) is 12.8 Å². The summed E-state index contributed by atoms with van der Waals surface area (Å²) in [5.74, 6) is -1.08. The number of rotatable bonds is 2. The van der Waals surface area contributed by atoms with Crippen LogP contribution in [0.25, 0.3) is 0 Å². The number of aromatic nitrogens is 1. The van der Waals surface area contributed by atoms with Gasteiger partial charge < -0.3 is 21.1 Å². The van der Waals surface area contributed by atoms with E-state index < -0.39 is 5.97 Å². The first kappa shape index (κ1) is 13.3. The van der Waals surface area contributed by atoms with Crippen LogP contribution >= 0.6 is 0 Å². The molecule has 7 heteroatoms. The smallest absolute Gasteiger partial charge is 0.337 e. The molecule has 0 radical (unpaired) electrons. The lowest BCUT2D eigenvalue weighted by atomic mass is 10.1. The van der Waals surface area contributed by atoms with E-state index in [-0.39, 0.29) is 17.6 Å². The predicted octanol–water partition coefficient (Wildman–Crippen LogP) is 0.735. The van der Waals surface area contributed by atoms with Crippen LogP contribution in [0.15, 0.2) is 18.5 Å². The molecular weight excluding hydrogens is 248 g/mol. The first-order chi connectivity index (χ1) is 9.06. The number of amides is 2. The van der Waals surface area contributed by atoms with Crippen LogP contribution < -0.4 is 11.1 Å². The summed E-state index contributed by atoms with van der Waals surface area (Å²) in [6.07, 6.45) is 4.21. The standard InChI is InChI=1S/C12H16N4O3/c13-9-1-3-16(4-2-9)12(19)15-10-5-8(11(17)18)6-14-7-10/h5-7,9H,1-4,13H2,(H,15,19)(H,17,18). The first-order valence-electron chi connectivity index (χ1n) is 6.06. The fraction of sp³-hybridized carbons (Fsp3) is 0.417. The van der Waals surface area contributed by atoms with Crippen molar-refractivity contribution in [3.63, 3.8) is 0 Å². The number of nitrogens with two attached hydrogens (primary N) is 1. The average Bonchev–Trinajstić information content (AvgIpc) is 2.39. The minimum atomic E-state index is -1.08. The van der Waals surface area contributed by atoms with Crippen LogP contribution in [0.1, 0.15) is 23.2 Å². The van der Waals surface area contributed by atoms with Crippen LogP contribution in [0.2, 0.25) is 0 Å². The molecule has 1 saturated heterocycles. The maximum Gasteiger partial charge on any atom is 0.337 e. The second kappa shape index (κ2) is 5.66. The van der Waals surface area contributed by atoms with Crippen LogP contribution in [0, 0.1) is 0 Å². The van der Waals surface area contributed by atoms with Crippen molar-refractivity contribution in [2.45, 2.75) is 18.9 Å². The number of carbonyl (C=O) groups excluding carboxylic acids is 1. The molecule has 0 spiro atoms. The zero-order valence-electron chi connectivity index (χ0n) is 10.4. The van der Waals surface area contributed by atoms with Crippen molar-refractivity contribution in [3.05, 3.63) is 24.0 Å². The van der Waals surface area contributed by atoms with E-state index in [9.17, 15) is 9.59 Å². The Morgan fingerprint density at radius 1 is 1.37 bits per heavy atom. The molecular formula is C12H16N4O3. The van der Waals surface area contributed by atoms with E-state index in [1.807, 2.05) is 0 Å². The molecule has 7 nitrogen and oxygen atoms in total. The van der Waals surface area contributed by atoms with E-state index in [1.54, 1.807) is 4.90 Å². The van der Waals surface area contributed by atoms with Crippen LogP contribution in [0.5, 0.6) is 0 Å². The largest absolute Gasteiger partial charge is 0.478 e. The van der Waals surface area contributed by atoms with Crippen LogP contribution in [-0.4, -0.2) is 46.1 Å². The van der Waals surface area contributed by atoms with Crippen molar-refractivity contribution < 1.29 is 14.7 Å². The highest BCUT2D eigenvalue weighted by Crippen LogP contribution is 2.12. The van der Waals surface area contributed by atoms with E-state index in [1.165, 1.54) is 18.5 Å². The molecule has 2 amide bonds. The summed E-state index contributed by atoms with van der Waals surface area (Å²) in [5, 5.41) is 11.5. The second-order valence-corrected chi connectivity index (χ2v) is 4.52. The monoisotopic (exact) mass is 264 g/mol. The fourth-order valence-electron chi connectivity index (χ4n) is 1.93. The number of aromatic carboxylic acids is 1. The number of pyridine rings is 1. The summed E-state index contributed by atoms with van der Waals surface area (Å²) in [4.78, 5) is 28.2. The Bertz CT molecular complexity index is 484. The molecule has 102 valence electrons. The third-order valence-electron chi connectivity index (χ3n) is 3.06. The molecule has 4 N–H and O–H groups in total. The molecule has 0 saturated carbocycles. The van der Waals surface area contributed by atoms with Crippen molar-refractivity contribution in [3.8, 4) is 0 Å². The minimum absolute atomic E-state index is 0.0402. The fourth-order valence-corrected chi connectivity index (χ4v) is 1.93. The number of hydrogen-bond donors (Lipinski definition) is 3. The molecule has 0 atom stereocenters. The third kappa shape index (κ3) is 3.41. The van der Waals surface area contributed by atoms with Gasteiger partial charge >= 0.3 is 12.0 Å². The number of piperidine rings is 1. The average molecular weight is 264 g/mol. The lowest BCUT2D eigenvalue weighted by Crippen LogP contribution is -2.44. The first-order valence-corrected chi connectivity index (χ1v) is 6.06. The highest BCUT2D eigenvalue weighted by Gasteiger charge is 2.20. The Hall–Kier alpha value is -2.15. The number of nitrogens with zero attached hydrogens (tertiary/aromatic N) is 2. The molecule has 1 aliphatic heterocycles. The van der Waals surface area contributed by atoms with Crippen molar-refractivity contribution in [1.29, 1.82) is 0 Å². The summed E-state index contributed by atoms with van der Waals surface area (Å²) in [7, 11) is 0. The Kier molecular flexibility index (Phi) is 3.96. The number of carboxylic acid groups (broad SMARTS) is 1. The number of likely N-dealkylation sites (tertiary alicyclic amines) is 1. The molecule has 0 aliphatic carbocycles. The van der Waals surface area contributed by atoms with Crippen molar-refractivity contribution >= 4 is 17.7 Å².